The van der Waals surface area contributed by atoms with E-state index in [-0.39, 0.29) is 0 Å². The smallest absolute Gasteiger partial charge is 0.284 e. The van der Waals surface area contributed by atoms with Gasteiger partial charge in [-0.15, -0.1) is 5.10 Å². The fourth-order valence-electron chi connectivity index (χ4n) is 0.560. The molecule has 0 spiro atoms. The molecule has 1 radical (unpaired) electrons. The van der Waals surface area contributed by atoms with Gasteiger partial charge in [0, 0.05) is 0 Å². The van der Waals surface area contributed by atoms with Crippen molar-refractivity contribution in [1.29, 1.82) is 0 Å². The van der Waals surface area contributed by atoms with Gasteiger partial charge in [0.05, 0.1) is 0 Å². The van der Waals surface area contributed by atoms with E-state index in [1.54, 1.807) is 0 Å². The van der Waals surface area contributed by atoms with Crippen molar-refractivity contribution < 1.29 is 4.42 Å². The first-order valence-electron chi connectivity index (χ1n) is 2.52. The van der Waals surface area contributed by atoms with Crippen LogP contribution in [0.4, 0.5) is 0 Å². The predicted molar refractivity (Wildman–Crippen MR) is 28.5 cm³/mol. The van der Waals surface area contributed by atoms with Crippen LogP contribution in [-0.2, 0) is 0 Å². The number of aromatic nitrogens is 5. The van der Waals surface area contributed by atoms with E-state index in [1.165, 1.54) is 6.26 Å². The lowest BCUT2D eigenvalue weighted by molar-refractivity contribution is 0.548. The van der Waals surface area contributed by atoms with E-state index < -0.39 is 0 Å². The van der Waals surface area contributed by atoms with Crippen LogP contribution in [-0.4, -0.2) is 25.6 Å². The second-order valence-corrected chi connectivity index (χ2v) is 1.57. The van der Waals surface area contributed by atoms with Crippen molar-refractivity contribution in [2.75, 3.05) is 0 Å². The van der Waals surface area contributed by atoms with Gasteiger partial charge in [-0.05, 0) is 10.4 Å². The number of hydrogen-bond donors (Lipinski definition) is 1. The van der Waals surface area contributed by atoms with Crippen molar-refractivity contribution in [3.8, 4) is 11.5 Å². The van der Waals surface area contributed by atoms with Crippen LogP contribution < -0.4 is 0 Å². The van der Waals surface area contributed by atoms with Gasteiger partial charge < -0.3 is 4.42 Å². The second-order valence-electron chi connectivity index (χ2n) is 1.57. The molecule has 6 nitrogen and oxygen atoms in total. The molecule has 0 aliphatic heterocycles. The number of aromatic amines is 1. The van der Waals surface area contributed by atoms with Crippen LogP contribution in [0, 0.1) is 6.39 Å². The summed E-state index contributed by atoms with van der Waals surface area (Å²) in [5, 5.41) is 12.8. The summed E-state index contributed by atoms with van der Waals surface area (Å²) in [5.41, 5.74) is 0.546. The molecular weight excluding hydrogens is 134 g/mol. The maximum atomic E-state index is 4.59. The highest BCUT2D eigenvalue weighted by Crippen LogP contribution is 2.06. The first-order chi connectivity index (χ1) is 4.97. The quantitative estimate of drug-likeness (QED) is 0.579. The Morgan fingerprint density at radius 2 is 2.60 bits per heavy atom. The van der Waals surface area contributed by atoms with E-state index in [2.05, 4.69) is 36.4 Å². The summed E-state index contributed by atoms with van der Waals surface area (Å²) in [6.45, 7) is 0. The summed E-state index contributed by atoms with van der Waals surface area (Å²) in [5.74, 6) is 0.477. The van der Waals surface area contributed by atoms with Crippen LogP contribution in [0.3, 0.4) is 0 Å². The molecule has 0 aliphatic carbocycles. The first kappa shape index (κ1) is 5.10. The van der Waals surface area contributed by atoms with Gasteiger partial charge in [-0.3, -0.25) is 0 Å². The molecule has 6 heteroatoms. The number of hydrogen-bond acceptors (Lipinski definition) is 5. The average Bonchev–Trinajstić information content (AvgIpc) is 2.59. The predicted octanol–water partition coefficient (Wildman–Crippen LogP) is -0.345. The van der Waals surface area contributed by atoms with Gasteiger partial charge in [0.15, 0.2) is 0 Å². The van der Waals surface area contributed by atoms with Crippen LogP contribution in [0.5, 0.6) is 0 Å². The highest BCUT2D eigenvalue weighted by molar-refractivity contribution is 5.43. The molecule has 0 saturated heterocycles. The largest absolute Gasteiger partial charge is 0.440 e. The van der Waals surface area contributed by atoms with Crippen molar-refractivity contribution in [3.05, 3.63) is 12.7 Å². The van der Waals surface area contributed by atoms with Crippen LogP contribution in [0.15, 0.2) is 10.7 Å². The van der Waals surface area contributed by atoms with Gasteiger partial charge >= 0.3 is 0 Å². The summed E-state index contributed by atoms with van der Waals surface area (Å²) < 4.78 is 4.59. The lowest BCUT2D eigenvalue weighted by Crippen LogP contribution is -1.78. The standard InChI is InChI=1S/C4H2N5O/c1-3(5-2-10-1)4-6-8-9-7-4/h1H,(H,6,7,8,9). The number of nitrogens with zero attached hydrogens (tertiary/aromatic N) is 4. The maximum absolute atomic E-state index is 4.59. The van der Waals surface area contributed by atoms with Gasteiger partial charge in [-0.1, -0.05) is 0 Å². The number of oxazole rings is 1. The Hall–Kier alpha value is -1.72. The highest BCUT2D eigenvalue weighted by Gasteiger charge is 2.02. The van der Waals surface area contributed by atoms with Gasteiger partial charge in [-0.25, -0.2) is 10.1 Å². The zero-order valence-corrected chi connectivity index (χ0v) is 4.77. The van der Waals surface area contributed by atoms with Gasteiger partial charge in [0.25, 0.3) is 6.39 Å². The van der Waals surface area contributed by atoms with Gasteiger partial charge in [-0.2, -0.15) is 0 Å². The fraction of sp³-hybridized carbons (Fsp3) is 0. The summed E-state index contributed by atoms with van der Waals surface area (Å²) in [6, 6.07) is 0. The minimum Gasteiger partial charge on any atom is -0.440 e. The van der Waals surface area contributed by atoms with E-state index in [4.69, 9.17) is 0 Å². The Kier molecular flexibility index (Phi) is 0.970. The van der Waals surface area contributed by atoms with Crippen LogP contribution in [0.1, 0.15) is 0 Å². The second kappa shape index (κ2) is 1.90. The third-order valence-corrected chi connectivity index (χ3v) is 0.977. The van der Waals surface area contributed by atoms with Crippen molar-refractivity contribution in [2.45, 2.75) is 0 Å². The molecule has 0 atom stereocenters. The van der Waals surface area contributed by atoms with E-state index >= 15 is 0 Å². The third-order valence-electron chi connectivity index (χ3n) is 0.977. The fourth-order valence-corrected chi connectivity index (χ4v) is 0.560. The lowest BCUT2D eigenvalue weighted by atomic mass is 10.5. The summed E-state index contributed by atoms with van der Waals surface area (Å²) in [7, 11) is 0. The molecule has 0 saturated carbocycles. The van der Waals surface area contributed by atoms with Crippen molar-refractivity contribution >= 4 is 0 Å². The van der Waals surface area contributed by atoms with E-state index in [1.807, 2.05) is 0 Å². The molecule has 2 aromatic rings. The van der Waals surface area contributed by atoms with Crippen molar-refractivity contribution in [2.24, 2.45) is 0 Å². The number of H-pyrrole nitrogens is 1. The Bertz CT molecular complexity index is 253. The Balaban J connectivity index is 2.48. The SMILES string of the molecule is [c]1nc(-c2nnn[nH]2)co1. The molecule has 0 unspecified atom stereocenters. The zero-order valence-electron chi connectivity index (χ0n) is 4.77. The number of rotatable bonds is 1. The van der Waals surface area contributed by atoms with Crippen molar-refractivity contribution in [1.82, 2.24) is 25.6 Å². The zero-order chi connectivity index (χ0) is 6.81. The molecule has 0 bridgehead atoms. The molecule has 0 aromatic carbocycles. The molecular formula is C4H2N5O. The normalized spacial score (nSPS) is 10.0. The minimum atomic E-state index is 0.477. The van der Waals surface area contributed by atoms with Crippen molar-refractivity contribution in [3.63, 3.8) is 0 Å². The Labute approximate surface area is 55.3 Å². The molecule has 10 heavy (non-hydrogen) atoms. The molecule has 2 rings (SSSR count). The Morgan fingerprint density at radius 3 is 3.20 bits per heavy atom. The molecule has 0 amide bonds. The van der Waals surface area contributed by atoms with E-state index in [9.17, 15) is 0 Å². The summed E-state index contributed by atoms with van der Waals surface area (Å²) in [6.07, 6.45) is 3.68. The van der Waals surface area contributed by atoms with Crippen LogP contribution in [0.25, 0.3) is 11.5 Å². The van der Waals surface area contributed by atoms with E-state index in [0.717, 1.165) is 0 Å². The Morgan fingerprint density at radius 1 is 1.60 bits per heavy atom. The van der Waals surface area contributed by atoms with Gasteiger partial charge in [0.2, 0.25) is 5.82 Å². The maximum Gasteiger partial charge on any atom is 0.284 e. The average molecular weight is 136 g/mol. The molecule has 2 heterocycles. The summed E-state index contributed by atoms with van der Waals surface area (Å²) >= 11 is 0. The van der Waals surface area contributed by atoms with Gasteiger partial charge in [0.1, 0.15) is 12.0 Å². The minimum absolute atomic E-state index is 0.477. The van der Waals surface area contributed by atoms with Crippen LogP contribution >= 0.6 is 0 Å². The first-order valence-corrected chi connectivity index (χ1v) is 2.52. The highest BCUT2D eigenvalue weighted by atomic mass is 16.3. The number of nitrogens with one attached hydrogen (secondary N) is 1. The third kappa shape index (κ3) is 0.661. The molecule has 0 fully saturated rings. The molecule has 2 aromatic heterocycles. The molecule has 1 N–H and O–H groups in total. The monoisotopic (exact) mass is 136 g/mol. The molecule has 0 aliphatic rings. The van der Waals surface area contributed by atoms with E-state index in [0.29, 0.717) is 11.5 Å². The topological polar surface area (TPSA) is 80.5 Å². The van der Waals surface area contributed by atoms with Crippen LogP contribution in [0.2, 0.25) is 0 Å². The number of tetrazole rings is 1. The lowest BCUT2D eigenvalue weighted by Gasteiger charge is -1.78. The molecule has 49 valence electrons. The summed E-state index contributed by atoms with van der Waals surface area (Å²) in [4.78, 5) is 3.69.